The maximum atomic E-state index is 4.39. The molecule has 27 heavy (non-hydrogen) atoms. The number of aliphatic imine (C=N–C) groups is 1. The number of likely N-dealkylation sites (N-methyl/N-ethyl adjacent to an activating group) is 1. The van der Waals surface area contributed by atoms with E-state index < -0.39 is 0 Å². The van der Waals surface area contributed by atoms with Gasteiger partial charge < -0.3 is 4.90 Å². The Morgan fingerprint density at radius 1 is 0.963 bits per heavy atom. The molecule has 1 aromatic rings. The van der Waals surface area contributed by atoms with Gasteiger partial charge in [0.25, 0.3) is 0 Å². The molecule has 0 amide bonds. The van der Waals surface area contributed by atoms with Gasteiger partial charge in [-0.15, -0.1) is 0 Å². The third-order valence-electron chi connectivity index (χ3n) is 4.83. The fourth-order valence-electron chi connectivity index (χ4n) is 3.49. The molecular formula is C25H32N2. The molecule has 0 saturated heterocycles. The standard InChI is InChI=1S/C23H26N2.C2H6/c1-5-24-19-16-14-18(15-17-19)10-6-9-13-22-23(2,3)20-11-7-8-12-21(20)25(22)4;1-2/h6-17H,5H2,1-4H3;1-2H3. The van der Waals surface area contributed by atoms with Gasteiger partial charge in [0, 0.05) is 30.4 Å². The lowest BCUT2D eigenvalue weighted by Crippen LogP contribution is -2.22. The van der Waals surface area contributed by atoms with Gasteiger partial charge >= 0.3 is 0 Å². The average molecular weight is 361 g/mol. The van der Waals surface area contributed by atoms with E-state index in [-0.39, 0.29) is 5.41 Å². The van der Waals surface area contributed by atoms with E-state index in [0.717, 1.165) is 12.3 Å². The Morgan fingerprint density at radius 2 is 1.59 bits per heavy atom. The molecule has 0 fully saturated rings. The minimum absolute atomic E-state index is 0.0268. The molecule has 0 spiro atoms. The van der Waals surface area contributed by atoms with E-state index in [9.17, 15) is 0 Å². The summed E-state index contributed by atoms with van der Waals surface area (Å²) in [6.45, 7) is 11.4. The smallest absolute Gasteiger partial charge is 0.0574 e. The second-order valence-corrected chi connectivity index (χ2v) is 6.87. The van der Waals surface area contributed by atoms with Crippen LogP contribution < -0.4 is 4.90 Å². The normalized spacial score (nSPS) is 18.6. The number of hydrogen-bond donors (Lipinski definition) is 0. The van der Waals surface area contributed by atoms with Crippen LogP contribution in [0.25, 0.3) is 0 Å². The van der Waals surface area contributed by atoms with Gasteiger partial charge in [0.2, 0.25) is 0 Å². The van der Waals surface area contributed by atoms with Crippen molar-refractivity contribution in [2.45, 2.75) is 40.0 Å². The molecule has 142 valence electrons. The van der Waals surface area contributed by atoms with Crippen LogP contribution in [0.15, 0.2) is 89.1 Å². The van der Waals surface area contributed by atoms with E-state index in [1.54, 1.807) is 0 Å². The molecule has 0 atom stereocenters. The van der Waals surface area contributed by atoms with Gasteiger partial charge in [0.05, 0.1) is 5.71 Å². The lowest BCUT2D eigenvalue weighted by Gasteiger charge is -2.23. The number of nitrogens with zero attached hydrogens (tertiary/aromatic N) is 2. The Balaban J connectivity index is 0.00000126. The zero-order valence-corrected chi connectivity index (χ0v) is 17.5. The summed E-state index contributed by atoms with van der Waals surface area (Å²) >= 11 is 0. The first kappa shape index (κ1) is 20.7. The lowest BCUT2D eigenvalue weighted by atomic mass is 9.84. The first-order chi connectivity index (χ1) is 13.0. The maximum absolute atomic E-state index is 4.39. The highest BCUT2D eigenvalue weighted by atomic mass is 15.2. The van der Waals surface area contributed by atoms with E-state index in [4.69, 9.17) is 0 Å². The van der Waals surface area contributed by atoms with Crippen molar-refractivity contribution in [2.75, 3.05) is 18.5 Å². The van der Waals surface area contributed by atoms with Gasteiger partial charge in [-0.2, -0.15) is 0 Å². The molecule has 0 saturated carbocycles. The quantitative estimate of drug-likeness (QED) is 0.609. The largest absolute Gasteiger partial charge is 0.347 e. The lowest BCUT2D eigenvalue weighted by molar-refractivity contribution is 0.640. The van der Waals surface area contributed by atoms with E-state index in [2.05, 4.69) is 111 Å². The highest BCUT2D eigenvalue weighted by Crippen LogP contribution is 2.46. The molecule has 1 aromatic carbocycles. The number of anilines is 1. The third kappa shape index (κ3) is 4.57. The summed E-state index contributed by atoms with van der Waals surface area (Å²) in [7, 11) is 2.15. The predicted octanol–water partition coefficient (Wildman–Crippen LogP) is 6.39. The molecule has 0 bridgehead atoms. The Bertz CT molecular complexity index is 812. The van der Waals surface area contributed by atoms with Crippen molar-refractivity contribution < 1.29 is 0 Å². The second-order valence-electron chi connectivity index (χ2n) is 6.87. The van der Waals surface area contributed by atoms with E-state index >= 15 is 0 Å². The van der Waals surface area contributed by atoms with Crippen molar-refractivity contribution in [2.24, 2.45) is 4.99 Å². The Kier molecular flexibility index (Phi) is 7.18. The van der Waals surface area contributed by atoms with Gasteiger partial charge in [0.1, 0.15) is 0 Å². The Hall–Kier alpha value is -2.61. The van der Waals surface area contributed by atoms with Gasteiger partial charge in [0.15, 0.2) is 0 Å². The number of para-hydroxylation sites is 1. The van der Waals surface area contributed by atoms with Crippen LogP contribution in [0.3, 0.4) is 0 Å². The summed E-state index contributed by atoms with van der Waals surface area (Å²) < 4.78 is 0. The van der Waals surface area contributed by atoms with E-state index in [1.165, 1.54) is 22.5 Å². The van der Waals surface area contributed by atoms with Crippen LogP contribution in [-0.4, -0.2) is 19.3 Å². The van der Waals surface area contributed by atoms with Crippen LogP contribution in [0.2, 0.25) is 0 Å². The monoisotopic (exact) mass is 360 g/mol. The van der Waals surface area contributed by atoms with Crippen molar-refractivity contribution in [3.05, 3.63) is 89.7 Å². The molecule has 0 N–H and O–H groups in total. The topological polar surface area (TPSA) is 15.6 Å². The summed E-state index contributed by atoms with van der Waals surface area (Å²) in [5.74, 6) is 0. The molecule has 1 heterocycles. The number of allylic oxidation sites excluding steroid dienone is 10. The third-order valence-corrected chi connectivity index (χ3v) is 4.83. The highest BCUT2D eigenvalue weighted by molar-refractivity contribution is 6.05. The number of benzene rings is 1. The molecule has 3 rings (SSSR count). The number of fused-ring (bicyclic) bond motifs is 1. The maximum Gasteiger partial charge on any atom is 0.0574 e. The molecule has 0 unspecified atom stereocenters. The van der Waals surface area contributed by atoms with Crippen molar-refractivity contribution in [3.63, 3.8) is 0 Å². The molecule has 2 aliphatic rings. The number of rotatable bonds is 3. The first-order valence-corrected chi connectivity index (χ1v) is 9.87. The van der Waals surface area contributed by atoms with E-state index in [0.29, 0.717) is 0 Å². The van der Waals surface area contributed by atoms with Gasteiger partial charge in [-0.05, 0) is 42.4 Å². The van der Waals surface area contributed by atoms with Gasteiger partial charge in [-0.3, -0.25) is 4.99 Å². The van der Waals surface area contributed by atoms with Crippen LogP contribution >= 0.6 is 0 Å². The van der Waals surface area contributed by atoms with Crippen molar-refractivity contribution in [3.8, 4) is 0 Å². The molecule has 2 nitrogen and oxygen atoms in total. The zero-order valence-electron chi connectivity index (χ0n) is 17.5. The molecule has 1 aliphatic carbocycles. The van der Waals surface area contributed by atoms with Crippen LogP contribution in [0.1, 0.15) is 40.2 Å². The average Bonchev–Trinajstić information content (AvgIpc) is 2.89. The fraction of sp³-hybridized carbons (Fsp3) is 0.320. The summed E-state index contributed by atoms with van der Waals surface area (Å²) in [4.78, 5) is 6.69. The highest BCUT2D eigenvalue weighted by Gasteiger charge is 2.37. The van der Waals surface area contributed by atoms with Gasteiger partial charge in [-0.1, -0.05) is 76.3 Å². The second kappa shape index (κ2) is 9.36. The fourth-order valence-corrected chi connectivity index (χ4v) is 3.49. The molecule has 0 radical (unpaired) electrons. The van der Waals surface area contributed by atoms with Crippen LogP contribution in [0.5, 0.6) is 0 Å². The van der Waals surface area contributed by atoms with Gasteiger partial charge in [-0.25, -0.2) is 0 Å². The molecule has 1 aliphatic heterocycles. The Labute approximate surface area is 165 Å². The number of hydrogen-bond acceptors (Lipinski definition) is 2. The summed E-state index contributed by atoms with van der Waals surface area (Å²) in [6.07, 6.45) is 16.9. The van der Waals surface area contributed by atoms with Crippen molar-refractivity contribution >= 4 is 11.4 Å². The van der Waals surface area contributed by atoms with Crippen molar-refractivity contribution in [1.29, 1.82) is 0 Å². The summed E-state index contributed by atoms with van der Waals surface area (Å²) in [5, 5.41) is 0. The van der Waals surface area contributed by atoms with Crippen LogP contribution in [-0.2, 0) is 5.41 Å². The minimum Gasteiger partial charge on any atom is -0.347 e. The van der Waals surface area contributed by atoms with Crippen molar-refractivity contribution in [1.82, 2.24) is 0 Å². The molecule has 2 heteroatoms. The van der Waals surface area contributed by atoms with E-state index in [1.807, 2.05) is 13.8 Å². The molecule has 0 aromatic heterocycles. The summed E-state index contributed by atoms with van der Waals surface area (Å²) in [6, 6.07) is 8.64. The van der Waals surface area contributed by atoms with Crippen LogP contribution in [0, 0.1) is 0 Å². The van der Waals surface area contributed by atoms with Crippen LogP contribution in [0.4, 0.5) is 5.69 Å². The predicted molar refractivity (Wildman–Crippen MR) is 121 cm³/mol. The Morgan fingerprint density at radius 3 is 2.22 bits per heavy atom. The summed E-state index contributed by atoms with van der Waals surface area (Å²) in [5.41, 5.74) is 6.25. The minimum atomic E-state index is 0.0268. The SMILES string of the molecule is CC.CCN=C1C=CC(=CC=CC=C2N(C)c3ccccc3C2(C)C)C=C1. The zero-order chi connectivity index (χ0) is 19.9. The first-order valence-electron chi connectivity index (χ1n) is 9.87. The molecular weight excluding hydrogens is 328 g/mol.